The highest BCUT2D eigenvalue weighted by Crippen LogP contribution is 2.27. The number of hydrogen-bond acceptors (Lipinski definition) is 5. The third-order valence-electron chi connectivity index (χ3n) is 5.65. The molecule has 0 saturated heterocycles. The van der Waals surface area contributed by atoms with Crippen molar-refractivity contribution in [3.05, 3.63) is 65.2 Å². The van der Waals surface area contributed by atoms with Gasteiger partial charge >= 0.3 is 0 Å². The van der Waals surface area contributed by atoms with Gasteiger partial charge in [-0.2, -0.15) is 0 Å². The Kier molecular flexibility index (Phi) is 9.80. The molecule has 0 spiro atoms. The second-order valence-corrected chi connectivity index (χ2v) is 9.93. The lowest BCUT2D eigenvalue weighted by atomic mass is 10.1. The lowest BCUT2D eigenvalue weighted by Crippen LogP contribution is -2.38. The molecule has 0 bridgehead atoms. The molecule has 188 valence electrons. The molecule has 4 N–H and O–H groups in total. The van der Waals surface area contributed by atoms with Crippen LogP contribution in [0, 0.1) is 5.92 Å². The Labute approximate surface area is 208 Å². The highest BCUT2D eigenvalue weighted by atomic mass is 32.2. The first kappa shape index (κ1) is 26.4. The van der Waals surface area contributed by atoms with Gasteiger partial charge in [-0.3, -0.25) is 18.7 Å². The fourth-order valence-corrected chi connectivity index (χ4v) is 3.70. The summed E-state index contributed by atoms with van der Waals surface area (Å²) in [5, 5.41) is 11.5. The molecule has 10 heteroatoms. The second-order valence-electron chi connectivity index (χ2n) is 8.54. The number of carbonyl (C=O) groups is 3. The first-order chi connectivity index (χ1) is 16.8. The van der Waals surface area contributed by atoms with Crippen LogP contribution in [-0.4, -0.2) is 61.4 Å². The lowest BCUT2D eigenvalue weighted by molar-refractivity contribution is -0.120. The van der Waals surface area contributed by atoms with Crippen LogP contribution in [0.2, 0.25) is 0 Å². The Balaban J connectivity index is 1.57. The molecule has 0 heterocycles. The SMILES string of the molecule is CN(c1cc(C(=O)NCCNCC(=O)NCC2CC2)cc(C(=O)NCc2ccccc2)c1)S(C)=O. The van der Waals surface area contributed by atoms with E-state index in [1.165, 1.54) is 29.5 Å². The predicted molar refractivity (Wildman–Crippen MR) is 137 cm³/mol. The van der Waals surface area contributed by atoms with E-state index in [9.17, 15) is 18.6 Å². The van der Waals surface area contributed by atoms with Crippen molar-refractivity contribution in [1.82, 2.24) is 21.3 Å². The number of hydrogen-bond donors (Lipinski definition) is 4. The molecule has 1 aliphatic carbocycles. The standard InChI is InChI=1S/C25H33N5O4S/c1-30(35(2)34)22-13-20(12-21(14-22)25(33)29-16-18-6-4-3-5-7-18)24(32)27-11-10-26-17-23(31)28-15-19-8-9-19/h3-7,12-14,19,26H,8-11,15-17H2,1-2H3,(H,27,32)(H,28,31)(H,29,33). The van der Waals surface area contributed by atoms with E-state index >= 15 is 0 Å². The maximum atomic E-state index is 12.8. The summed E-state index contributed by atoms with van der Waals surface area (Å²) in [5.41, 5.74) is 2.03. The van der Waals surface area contributed by atoms with Crippen molar-refractivity contribution in [2.24, 2.45) is 5.92 Å². The molecule has 35 heavy (non-hydrogen) atoms. The van der Waals surface area contributed by atoms with Gasteiger partial charge in [-0.05, 0) is 42.5 Å². The number of rotatable bonds is 13. The van der Waals surface area contributed by atoms with E-state index in [1.54, 1.807) is 19.2 Å². The zero-order valence-corrected chi connectivity index (χ0v) is 21.0. The van der Waals surface area contributed by atoms with Crippen LogP contribution in [0.25, 0.3) is 0 Å². The average molecular weight is 500 g/mol. The fraction of sp³-hybridized carbons (Fsp3) is 0.400. The van der Waals surface area contributed by atoms with Crippen molar-refractivity contribution in [3.63, 3.8) is 0 Å². The zero-order chi connectivity index (χ0) is 25.2. The highest BCUT2D eigenvalue weighted by Gasteiger charge is 2.21. The molecule has 1 atom stereocenters. The molecule has 9 nitrogen and oxygen atoms in total. The van der Waals surface area contributed by atoms with E-state index in [0.29, 0.717) is 36.8 Å². The molecule has 1 saturated carbocycles. The van der Waals surface area contributed by atoms with Crippen LogP contribution in [0.3, 0.4) is 0 Å². The molecule has 2 aromatic carbocycles. The lowest BCUT2D eigenvalue weighted by Gasteiger charge is -2.18. The molecule has 0 aliphatic heterocycles. The van der Waals surface area contributed by atoms with Crippen LogP contribution in [0.4, 0.5) is 5.69 Å². The molecule has 2 aromatic rings. The minimum Gasteiger partial charge on any atom is -0.355 e. The Morgan fingerprint density at radius 3 is 2.23 bits per heavy atom. The molecule has 1 unspecified atom stereocenters. The topological polar surface area (TPSA) is 120 Å². The average Bonchev–Trinajstić information content (AvgIpc) is 3.70. The highest BCUT2D eigenvalue weighted by molar-refractivity contribution is 7.85. The van der Waals surface area contributed by atoms with E-state index in [1.807, 2.05) is 30.3 Å². The largest absolute Gasteiger partial charge is 0.355 e. The number of carbonyl (C=O) groups excluding carboxylic acids is 3. The van der Waals surface area contributed by atoms with Gasteiger partial charge in [0.1, 0.15) is 11.0 Å². The van der Waals surface area contributed by atoms with Gasteiger partial charge in [0.05, 0.1) is 12.2 Å². The minimum atomic E-state index is -1.33. The Morgan fingerprint density at radius 1 is 0.943 bits per heavy atom. The van der Waals surface area contributed by atoms with Crippen LogP contribution in [0.15, 0.2) is 48.5 Å². The summed E-state index contributed by atoms with van der Waals surface area (Å²) in [6, 6.07) is 14.2. The summed E-state index contributed by atoms with van der Waals surface area (Å²) in [6.07, 6.45) is 3.89. The Hall–Kier alpha value is -3.24. The first-order valence-electron chi connectivity index (χ1n) is 11.6. The van der Waals surface area contributed by atoms with Crippen LogP contribution >= 0.6 is 0 Å². The summed E-state index contributed by atoms with van der Waals surface area (Å²) < 4.78 is 13.5. The van der Waals surface area contributed by atoms with Crippen molar-refractivity contribution in [3.8, 4) is 0 Å². The van der Waals surface area contributed by atoms with Crippen molar-refractivity contribution >= 4 is 34.4 Å². The van der Waals surface area contributed by atoms with Crippen LogP contribution in [-0.2, 0) is 22.3 Å². The summed E-state index contributed by atoms with van der Waals surface area (Å²) >= 11 is 0. The quantitative estimate of drug-likeness (QED) is 0.309. The van der Waals surface area contributed by atoms with Gasteiger partial charge in [-0.25, -0.2) is 4.21 Å². The first-order valence-corrected chi connectivity index (χ1v) is 13.1. The molecule has 0 aromatic heterocycles. The van der Waals surface area contributed by atoms with Gasteiger partial charge in [-0.15, -0.1) is 0 Å². The van der Waals surface area contributed by atoms with Gasteiger partial charge < -0.3 is 21.3 Å². The predicted octanol–water partition coefficient (Wildman–Crippen LogP) is 1.19. The molecule has 1 fully saturated rings. The number of nitrogens with zero attached hydrogens (tertiary/aromatic N) is 1. The van der Waals surface area contributed by atoms with Gasteiger partial charge in [0.25, 0.3) is 11.8 Å². The van der Waals surface area contributed by atoms with Crippen molar-refractivity contribution in [1.29, 1.82) is 0 Å². The zero-order valence-electron chi connectivity index (χ0n) is 20.1. The third kappa shape index (κ3) is 8.80. The van der Waals surface area contributed by atoms with Crippen molar-refractivity contribution < 1.29 is 18.6 Å². The number of amides is 3. The Bertz CT molecular complexity index is 1060. The number of anilines is 1. The second kappa shape index (κ2) is 13.0. The summed E-state index contributed by atoms with van der Waals surface area (Å²) in [7, 11) is 0.307. The normalized spacial score (nSPS) is 13.5. The van der Waals surface area contributed by atoms with Gasteiger partial charge in [0, 0.05) is 50.6 Å². The van der Waals surface area contributed by atoms with E-state index < -0.39 is 11.0 Å². The minimum absolute atomic E-state index is 0.0577. The summed E-state index contributed by atoms with van der Waals surface area (Å²) in [4.78, 5) is 37.4. The fourth-order valence-electron chi connectivity index (χ4n) is 3.29. The third-order valence-corrected chi connectivity index (χ3v) is 6.63. The van der Waals surface area contributed by atoms with Crippen LogP contribution in [0.5, 0.6) is 0 Å². The van der Waals surface area contributed by atoms with Crippen LogP contribution in [0.1, 0.15) is 39.1 Å². The number of benzene rings is 2. The molecule has 0 radical (unpaired) electrons. The smallest absolute Gasteiger partial charge is 0.251 e. The summed E-state index contributed by atoms with van der Waals surface area (Å²) in [5.74, 6) is -0.126. The van der Waals surface area contributed by atoms with E-state index in [2.05, 4.69) is 21.3 Å². The van der Waals surface area contributed by atoms with Gasteiger partial charge in [0.15, 0.2) is 0 Å². The van der Waals surface area contributed by atoms with E-state index in [0.717, 1.165) is 12.1 Å². The monoisotopic (exact) mass is 499 g/mol. The van der Waals surface area contributed by atoms with Crippen molar-refractivity contribution in [2.45, 2.75) is 19.4 Å². The van der Waals surface area contributed by atoms with Crippen molar-refractivity contribution in [2.75, 3.05) is 43.8 Å². The molecular formula is C25H33N5O4S. The van der Waals surface area contributed by atoms with E-state index in [-0.39, 0.29) is 29.8 Å². The van der Waals surface area contributed by atoms with Gasteiger partial charge in [0.2, 0.25) is 5.91 Å². The maximum absolute atomic E-state index is 12.8. The molecule has 3 amide bonds. The number of nitrogens with one attached hydrogen (secondary N) is 4. The molecule has 1 aliphatic rings. The molecular weight excluding hydrogens is 466 g/mol. The van der Waals surface area contributed by atoms with Crippen LogP contribution < -0.4 is 25.6 Å². The van der Waals surface area contributed by atoms with E-state index in [4.69, 9.17) is 0 Å². The summed E-state index contributed by atoms with van der Waals surface area (Å²) in [6.45, 7) is 2.00. The Morgan fingerprint density at radius 2 is 1.60 bits per heavy atom. The molecule has 3 rings (SSSR count). The maximum Gasteiger partial charge on any atom is 0.251 e. The van der Waals surface area contributed by atoms with Gasteiger partial charge in [-0.1, -0.05) is 30.3 Å².